The van der Waals surface area contributed by atoms with Gasteiger partial charge in [0.1, 0.15) is 10.9 Å². The average Bonchev–Trinajstić information content (AvgIpc) is 2.58. The van der Waals surface area contributed by atoms with Gasteiger partial charge < -0.3 is 4.74 Å². The Labute approximate surface area is 143 Å². The monoisotopic (exact) mass is 351 g/mol. The van der Waals surface area contributed by atoms with Gasteiger partial charge in [0.05, 0.1) is 12.5 Å². The zero-order valence-corrected chi connectivity index (χ0v) is 15.3. The average molecular weight is 351 g/mol. The minimum Gasteiger partial charge on any atom is -0.468 e. The fourth-order valence-electron chi connectivity index (χ4n) is 2.51. The summed E-state index contributed by atoms with van der Waals surface area (Å²) in [6, 6.07) is 0. The lowest BCUT2D eigenvalue weighted by atomic mass is 10.1. The summed E-state index contributed by atoms with van der Waals surface area (Å²) < 4.78 is 7.19. The Morgan fingerprint density at radius 3 is 2.58 bits per heavy atom. The minimum absolute atomic E-state index is 0.322. The zero-order chi connectivity index (χ0) is 18.0. The van der Waals surface area contributed by atoms with Crippen LogP contribution in [0.5, 0.6) is 0 Å². The third-order valence-corrected chi connectivity index (χ3v) is 5.09. The number of rotatable bonds is 5. The summed E-state index contributed by atoms with van der Waals surface area (Å²) in [5.74, 6) is -0.367. The molecule has 0 N–H and O–H groups in total. The molecule has 2 rings (SSSR count). The summed E-state index contributed by atoms with van der Waals surface area (Å²) in [6.07, 6.45) is 3.28. The third-order valence-electron chi connectivity index (χ3n) is 3.84. The van der Waals surface area contributed by atoms with Gasteiger partial charge >= 0.3 is 11.7 Å². The van der Waals surface area contributed by atoms with E-state index in [2.05, 4.69) is 4.98 Å². The summed E-state index contributed by atoms with van der Waals surface area (Å²) in [5.41, 5.74) is 0.377. The molecule has 24 heavy (non-hydrogen) atoms. The van der Waals surface area contributed by atoms with Crippen molar-refractivity contribution in [3.8, 4) is 0 Å². The van der Waals surface area contributed by atoms with Gasteiger partial charge in [-0.2, -0.15) is 0 Å². The topological polar surface area (TPSA) is 83.2 Å². The van der Waals surface area contributed by atoms with Crippen LogP contribution in [-0.2, 0) is 30.0 Å². The summed E-state index contributed by atoms with van der Waals surface area (Å²) in [7, 11) is 4.35. The lowest BCUT2D eigenvalue weighted by Gasteiger charge is -2.16. The van der Waals surface area contributed by atoms with Crippen molar-refractivity contribution in [2.24, 2.45) is 14.1 Å². The van der Waals surface area contributed by atoms with Gasteiger partial charge in [-0.25, -0.2) is 9.78 Å². The molecule has 130 valence electrons. The number of pyridine rings is 1. The van der Waals surface area contributed by atoms with Gasteiger partial charge in [-0.05, 0) is 18.9 Å². The smallest absolute Gasteiger partial charge is 0.332 e. The molecule has 2 heterocycles. The van der Waals surface area contributed by atoms with Crippen LogP contribution in [0.4, 0.5) is 0 Å². The predicted octanol–water partition coefficient (Wildman–Crippen LogP) is 1.24. The molecule has 0 saturated heterocycles. The van der Waals surface area contributed by atoms with Crippen LogP contribution in [0.3, 0.4) is 0 Å². The van der Waals surface area contributed by atoms with Crippen LogP contribution < -0.4 is 11.2 Å². The Morgan fingerprint density at radius 1 is 1.33 bits per heavy atom. The number of esters is 1. The lowest BCUT2D eigenvalue weighted by Crippen LogP contribution is -2.37. The molecule has 2 aromatic rings. The highest BCUT2D eigenvalue weighted by molar-refractivity contribution is 8.00. The number of hydrogen-bond donors (Lipinski definition) is 0. The van der Waals surface area contributed by atoms with E-state index in [4.69, 9.17) is 4.74 Å². The Balaban J connectivity index is 2.82. The van der Waals surface area contributed by atoms with E-state index < -0.39 is 16.5 Å². The lowest BCUT2D eigenvalue weighted by molar-refractivity contribution is -0.139. The number of ether oxygens (including phenoxy) is 1. The Bertz CT molecular complexity index is 901. The van der Waals surface area contributed by atoms with Crippen molar-refractivity contribution >= 4 is 28.8 Å². The predicted molar refractivity (Wildman–Crippen MR) is 93.6 cm³/mol. The van der Waals surface area contributed by atoms with Crippen LogP contribution in [0.15, 0.2) is 20.7 Å². The molecule has 0 aromatic carbocycles. The molecular weight excluding hydrogens is 330 g/mol. The largest absolute Gasteiger partial charge is 0.468 e. The molecule has 1 unspecified atom stereocenters. The molecule has 0 aliphatic rings. The molecule has 1 atom stereocenters. The van der Waals surface area contributed by atoms with Crippen LogP contribution in [0.2, 0.25) is 0 Å². The zero-order valence-electron chi connectivity index (χ0n) is 14.5. The molecular formula is C16H21N3O4S. The number of hydrogen-bond acceptors (Lipinski definition) is 6. The number of aromatic nitrogens is 3. The van der Waals surface area contributed by atoms with Gasteiger partial charge in [-0.15, -0.1) is 11.8 Å². The van der Waals surface area contributed by atoms with E-state index in [1.165, 1.54) is 30.5 Å². The van der Waals surface area contributed by atoms with Crippen molar-refractivity contribution in [1.82, 2.24) is 14.1 Å². The third kappa shape index (κ3) is 3.10. The Morgan fingerprint density at radius 2 is 2.00 bits per heavy atom. The molecule has 0 spiro atoms. The highest BCUT2D eigenvalue weighted by Crippen LogP contribution is 2.32. The van der Waals surface area contributed by atoms with E-state index in [0.717, 1.165) is 23.0 Å². The van der Waals surface area contributed by atoms with E-state index in [1.807, 2.05) is 6.92 Å². The van der Waals surface area contributed by atoms with Crippen LogP contribution in [0, 0.1) is 0 Å². The first-order chi connectivity index (χ1) is 11.3. The normalized spacial score (nSPS) is 12.4. The standard InChI is InChI=1S/C16H21N3O4S/c1-6-7-10-8-17-13-11(12(10)24-9(2)15(21)23-5)14(20)19(4)16(22)18(13)3/h8-9H,6-7H2,1-5H3. The number of fused-ring (bicyclic) bond motifs is 1. The Hall–Kier alpha value is -2.09. The highest BCUT2D eigenvalue weighted by atomic mass is 32.2. The number of carbonyl (C=O) groups is 1. The molecule has 2 aromatic heterocycles. The number of carbonyl (C=O) groups excluding carboxylic acids is 1. The van der Waals surface area contributed by atoms with E-state index in [0.29, 0.717) is 15.9 Å². The number of aryl methyl sites for hydroxylation is 2. The second kappa shape index (κ2) is 7.21. The maximum absolute atomic E-state index is 12.7. The van der Waals surface area contributed by atoms with E-state index in [-0.39, 0.29) is 5.97 Å². The second-order valence-corrected chi connectivity index (χ2v) is 6.90. The summed E-state index contributed by atoms with van der Waals surface area (Å²) in [5, 5.41) is -0.107. The van der Waals surface area contributed by atoms with Crippen molar-refractivity contribution in [1.29, 1.82) is 0 Å². The molecule has 0 aliphatic carbocycles. The fraction of sp³-hybridized carbons (Fsp3) is 0.500. The Kier molecular flexibility index (Phi) is 5.48. The first-order valence-electron chi connectivity index (χ1n) is 7.65. The van der Waals surface area contributed by atoms with E-state index in [1.54, 1.807) is 20.2 Å². The van der Waals surface area contributed by atoms with Crippen molar-refractivity contribution in [3.05, 3.63) is 32.6 Å². The second-order valence-electron chi connectivity index (χ2n) is 5.55. The molecule has 0 amide bonds. The SMILES string of the molecule is CCCc1cnc2c(c1SC(C)C(=O)OC)c(=O)n(C)c(=O)n2C. The molecule has 0 saturated carbocycles. The van der Waals surface area contributed by atoms with Crippen molar-refractivity contribution in [2.75, 3.05) is 7.11 Å². The number of methoxy groups -OCH3 is 1. The molecule has 0 bridgehead atoms. The van der Waals surface area contributed by atoms with Crippen molar-refractivity contribution in [2.45, 2.75) is 36.8 Å². The van der Waals surface area contributed by atoms with Gasteiger partial charge in [0.25, 0.3) is 5.56 Å². The fourth-order valence-corrected chi connectivity index (χ4v) is 3.66. The molecule has 8 heteroatoms. The van der Waals surface area contributed by atoms with Crippen molar-refractivity contribution in [3.63, 3.8) is 0 Å². The van der Waals surface area contributed by atoms with Gasteiger partial charge in [-0.1, -0.05) is 13.3 Å². The quantitative estimate of drug-likeness (QED) is 0.595. The molecule has 0 fully saturated rings. The van der Waals surface area contributed by atoms with Gasteiger partial charge in [0, 0.05) is 25.2 Å². The number of nitrogens with zero attached hydrogens (tertiary/aromatic N) is 3. The maximum Gasteiger partial charge on any atom is 0.332 e. The maximum atomic E-state index is 12.7. The van der Waals surface area contributed by atoms with E-state index >= 15 is 0 Å². The summed E-state index contributed by atoms with van der Waals surface area (Å²) in [4.78, 5) is 41.6. The molecule has 7 nitrogen and oxygen atoms in total. The van der Waals surface area contributed by atoms with Gasteiger partial charge in [-0.3, -0.25) is 18.7 Å². The van der Waals surface area contributed by atoms with E-state index in [9.17, 15) is 14.4 Å². The minimum atomic E-state index is -0.474. The van der Waals surface area contributed by atoms with Crippen LogP contribution in [-0.4, -0.2) is 32.4 Å². The van der Waals surface area contributed by atoms with Crippen molar-refractivity contribution < 1.29 is 9.53 Å². The van der Waals surface area contributed by atoms with Gasteiger partial charge in [0.2, 0.25) is 0 Å². The molecule has 0 radical (unpaired) electrons. The van der Waals surface area contributed by atoms with Crippen LogP contribution in [0.25, 0.3) is 11.0 Å². The van der Waals surface area contributed by atoms with Gasteiger partial charge in [0.15, 0.2) is 0 Å². The number of thioether (sulfide) groups is 1. The highest BCUT2D eigenvalue weighted by Gasteiger charge is 2.22. The first-order valence-corrected chi connectivity index (χ1v) is 8.53. The first kappa shape index (κ1) is 18.3. The summed E-state index contributed by atoms with van der Waals surface area (Å²) >= 11 is 1.27. The van der Waals surface area contributed by atoms with Crippen LogP contribution in [0.1, 0.15) is 25.8 Å². The summed E-state index contributed by atoms with van der Waals surface area (Å²) in [6.45, 7) is 3.76. The molecule has 0 aliphatic heterocycles. The van der Waals surface area contributed by atoms with Crippen LogP contribution >= 0.6 is 11.8 Å².